The van der Waals surface area contributed by atoms with Crippen LogP contribution in [0.3, 0.4) is 0 Å². The first kappa shape index (κ1) is 18.3. The maximum Gasteiger partial charge on any atom is 0.173 e. The molecule has 27 heavy (non-hydrogen) atoms. The third kappa shape index (κ3) is 4.25. The molecule has 0 amide bonds. The minimum absolute atomic E-state index is 0.829. The lowest BCUT2D eigenvalue weighted by Gasteiger charge is -2.34. The molecule has 0 saturated carbocycles. The number of quaternary nitrogens is 1. The van der Waals surface area contributed by atoms with Crippen LogP contribution in [-0.2, 0) is 13.0 Å². The lowest BCUT2D eigenvalue weighted by atomic mass is 10.1. The van der Waals surface area contributed by atoms with Crippen molar-refractivity contribution in [2.75, 3.05) is 38.1 Å². The van der Waals surface area contributed by atoms with Crippen LogP contribution in [0.1, 0.15) is 22.3 Å². The molecule has 142 valence electrons. The molecule has 2 N–H and O–H groups in total. The Morgan fingerprint density at radius 1 is 1.15 bits per heavy atom. The van der Waals surface area contributed by atoms with E-state index in [0.717, 1.165) is 62.3 Å². The van der Waals surface area contributed by atoms with E-state index in [4.69, 9.17) is 17.0 Å². The summed E-state index contributed by atoms with van der Waals surface area (Å²) < 4.78 is 5.61. The van der Waals surface area contributed by atoms with E-state index in [1.807, 2.05) is 0 Å². The summed E-state index contributed by atoms with van der Waals surface area (Å²) in [4.78, 5) is 3.93. The molecule has 2 aliphatic heterocycles. The van der Waals surface area contributed by atoms with Gasteiger partial charge >= 0.3 is 0 Å². The highest BCUT2D eigenvalue weighted by Crippen LogP contribution is 2.25. The van der Waals surface area contributed by atoms with Crippen molar-refractivity contribution in [2.24, 2.45) is 0 Å². The van der Waals surface area contributed by atoms with Crippen molar-refractivity contribution in [3.63, 3.8) is 0 Å². The summed E-state index contributed by atoms with van der Waals surface area (Å²) >= 11 is 5.67. The zero-order valence-corrected chi connectivity index (χ0v) is 17.0. The number of aryl methyl sites for hydroxylation is 2. The van der Waals surface area contributed by atoms with Crippen LogP contribution < -0.4 is 15.0 Å². The van der Waals surface area contributed by atoms with Gasteiger partial charge in [-0.3, -0.25) is 0 Å². The Hall–Kier alpha value is -2.11. The maximum atomic E-state index is 5.67. The predicted molar refractivity (Wildman–Crippen MR) is 114 cm³/mol. The molecule has 1 fully saturated rings. The van der Waals surface area contributed by atoms with Crippen LogP contribution in [0.2, 0.25) is 0 Å². The van der Waals surface area contributed by atoms with Crippen molar-refractivity contribution in [1.29, 1.82) is 0 Å². The fourth-order valence-corrected chi connectivity index (χ4v) is 4.20. The summed E-state index contributed by atoms with van der Waals surface area (Å²) in [6, 6.07) is 13.1. The minimum Gasteiger partial charge on any atom is -0.493 e. The Balaban J connectivity index is 1.30. The number of rotatable bonds is 3. The van der Waals surface area contributed by atoms with E-state index in [2.05, 4.69) is 60.5 Å². The first-order chi connectivity index (χ1) is 13.1. The van der Waals surface area contributed by atoms with Crippen molar-refractivity contribution >= 4 is 23.0 Å². The van der Waals surface area contributed by atoms with Gasteiger partial charge in [0.25, 0.3) is 0 Å². The third-order valence-electron chi connectivity index (χ3n) is 5.60. The predicted octanol–water partition coefficient (Wildman–Crippen LogP) is 2.34. The molecular weight excluding hydrogens is 354 g/mol. The highest BCUT2D eigenvalue weighted by molar-refractivity contribution is 7.80. The quantitative estimate of drug-likeness (QED) is 0.798. The lowest BCUT2D eigenvalue weighted by Crippen LogP contribution is -3.13. The van der Waals surface area contributed by atoms with E-state index in [1.165, 1.54) is 22.3 Å². The number of ether oxygens (including phenoxy) is 1. The van der Waals surface area contributed by atoms with Crippen molar-refractivity contribution in [2.45, 2.75) is 26.8 Å². The molecule has 2 heterocycles. The van der Waals surface area contributed by atoms with Gasteiger partial charge in [0.05, 0.1) is 32.8 Å². The Morgan fingerprint density at radius 3 is 2.78 bits per heavy atom. The van der Waals surface area contributed by atoms with Gasteiger partial charge < -0.3 is 19.9 Å². The molecule has 0 aromatic heterocycles. The summed E-state index contributed by atoms with van der Waals surface area (Å²) in [6.45, 7) is 10.4. The number of hydrogen-bond donors (Lipinski definition) is 2. The van der Waals surface area contributed by atoms with Crippen molar-refractivity contribution in [1.82, 2.24) is 4.90 Å². The molecule has 4 nitrogen and oxygen atoms in total. The molecule has 0 unspecified atom stereocenters. The minimum atomic E-state index is 0.829. The Morgan fingerprint density at radius 2 is 1.96 bits per heavy atom. The van der Waals surface area contributed by atoms with Crippen LogP contribution in [0.5, 0.6) is 5.75 Å². The zero-order valence-electron chi connectivity index (χ0n) is 16.2. The van der Waals surface area contributed by atoms with E-state index >= 15 is 0 Å². The standard InChI is InChI=1S/C22H27N3OS/c1-16-3-4-17(2)20(13-16)23-22(27)25-10-8-24(9-11-25)15-18-5-6-21-19(14-18)7-12-26-21/h3-6,13-14H,7-12,15H2,1-2H3,(H,23,27)/p+1. The van der Waals surface area contributed by atoms with E-state index in [1.54, 1.807) is 4.90 Å². The Labute approximate surface area is 167 Å². The van der Waals surface area contributed by atoms with Gasteiger partial charge in [0.1, 0.15) is 12.3 Å². The molecular formula is C22H28N3OS+. The smallest absolute Gasteiger partial charge is 0.173 e. The number of anilines is 1. The van der Waals surface area contributed by atoms with Gasteiger partial charge in [-0.25, -0.2) is 0 Å². The molecule has 2 aromatic carbocycles. The van der Waals surface area contributed by atoms with Crippen LogP contribution in [0.15, 0.2) is 36.4 Å². The summed E-state index contributed by atoms with van der Waals surface area (Å²) in [5.74, 6) is 1.07. The van der Waals surface area contributed by atoms with Gasteiger partial charge in [0.2, 0.25) is 0 Å². The second kappa shape index (κ2) is 7.87. The number of benzene rings is 2. The van der Waals surface area contributed by atoms with Gasteiger partial charge in [0, 0.05) is 17.7 Å². The lowest BCUT2D eigenvalue weighted by molar-refractivity contribution is -0.917. The fourth-order valence-electron chi connectivity index (χ4n) is 3.91. The Kier molecular flexibility index (Phi) is 5.32. The average Bonchev–Trinajstić information content (AvgIpc) is 3.13. The molecule has 0 atom stereocenters. The van der Waals surface area contributed by atoms with Gasteiger partial charge in [-0.05, 0) is 67.0 Å². The second-order valence-electron chi connectivity index (χ2n) is 7.70. The number of hydrogen-bond acceptors (Lipinski definition) is 2. The molecule has 5 heteroatoms. The second-order valence-corrected chi connectivity index (χ2v) is 8.09. The summed E-state index contributed by atoms with van der Waals surface area (Å²) in [5.41, 5.74) is 6.38. The number of piperazine rings is 1. The van der Waals surface area contributed by atoms with Crippen LogP contribution in [0.4, 0.5) is 5.69 Å². The first-order valence-corrected chi connectivity index (χ1v) is 10.2. The van der Waals surface area contributed by atoms with Crippen LogP contribution in [0.25, 0.3) is 0 Å². The molecule has 2 aromatic rings. The van der Waals surface area contributed by atoms with E-state index in [0.29, 0.717) is 0 Å². The van der Waals surface area contributed by atoms with Gasteiger partial charge in [-0.15, -0.1) is 0 Å². The third-order valence-corrected chi connectivity index (χ3v) is 5.96. The molecule has 0 spiro atoms. The van der Waals surface area contributed by atoms with Gasteiger partial charge in [0.15, 0.2) is 5.11 Å². The van der Waals surface area contributed by atoms with Gasteiger partial charge in [-0.1, -0.05) is 12.1 Å². The number of thiocarbonyl (C=S) groups is 1. The highest BCUT2D eigenvalue weighted by atomic mass is 32.1. The normalized spacial score (nSPS) is 16.7. The molecule has 4 rings (SSSR count). The SMILES string of the molecule is Cc1ccc(C)c(NC(=S)N2CC[NH+](Cc3ccc4c(c3)CCO4)CC2)c1. The zero-order chi connectivity index (χ0) is 18.8. The Bertz CT molecular complexity index is 843. The van der Waals surface area contributed by atoms with Crippen molar-refractivity contribution in [3.8, 4) is 5.75 Å². The van der Waals surface area contributed by atoms with E-state index in [-0.39, 0.29) is 0 Å². The summed E-state index contributed by atoms with van der Waals surface area (Å²) in [7, 11) is 0. The molecule has 0 bridgehead atoms. The number of nitrogens with zero attached hydrogens (tertiary/aromatic N) is 1. The largest absolute Gasteiger partial charge is 0.493 e. The maximum absolute atomic E-state index is 5.67. The van der Waals surface area contributed by atoms with Crippen LogP contribution in [0, 0.1) is 13.8 Å². The van der Waals surface area contributed by atoms with Crippen molar-refractivity contribution < 1.29 is 9.64 Å². The van der Waals surface area contributed by atoms with Gasteiger partial charge in [-0.2, -0.15) is 0 Å². The monoisotopic (exact) mass is 382 g/mol. The van der Waals surface area contributed by atoms with Crippen LogP contribution in [-0.4, -0.2) is 42.8 Å². The average molecular weight is 383 g/mol. The number of nitrogens with one attached hydrogen (secondary N) is 2. The van der Waals surface area contributed by atoms with E-state index in [9.17, 15) is 0 Å². The first-order valence-electron chi connectivity index (χ1n) is 9.80. The molecule has 2 aliphatic rings. The number of fused-ring (bicyclic) bond motifs is 1. The summed E-state index contributed by atoms with van der Waals surface area (Å²) in [6.07, 6.45) is 1.05. The van der Waals surface area contributed by atoms with Crippen molar-refractivity contribution in [3.05, 3.63) is 58.7 Å². The molecule has 0 radical (unpaired) electrons. The van der Waals surface area contributed by atoms with Crippen LogP contribution >= 0.6 is 12.2 Å². The topological polar surface area (TPSA) is 28.9 Å². The molecule has 0 aliphatic carbocycles. The fraction of sp³-hybridized carbons (Fsp3) is 0.409. The highest BCUT2D eigenvalue weighted by Gasteiger charge is 2.23. The summed E-state index contributed by atoms with van der Waals surface area (Å²) in [5, 5.41) is 4.29. The van der Waals surface area contributed by atoms with E-state index < -0.39 is 0 Å². The molecule has 1 saturated heterocycles.